The number of likely N-dealkylation sites (N-methyl/N-ethyl adjacent to an activating group) is 1. The molecule has 0 atom stereocenters. The molecule has 0 radical (unpaired) electrons. The smallest absolute Gasteiger partial charge is 0.312 e. The van der Waals surface area contributed by atoms with Crippen LogP contribution in [-0.4, -0.2) is 68.0 Å². The number of hydrogen-bond donors (Lipinski definition) is 0. The largest absolute Gasteiger partial charge is 0.492 e. The molecule has 0 spiro atoms. The summed E-state index contributed by atoms with van der Waals surface area (Å²) in [6, 6.07) is 28.7. The van der Waals surface area contributed by atoms with Gasteiger partial charge >= 0.3 is 5.92 Å². The lowest BCUT2D eigenvalue weighted by atomic mass is 9.91. The Morgan fingerprint density at radius 2 is 1.42 bits per heavy atom. The molecule has 0 saturated heterocycles. The molecular weight excluding hydrogens is 657 g/mol. The van der Waals surface area contributed by atoms with Crippen molar-refractivity contribution in [3.8, 4) is 11.5 Å². The van der Waals surface area contributed by atoms with Crippen molar-refractivity contribution < 1.29 is 27.8 Å². The molecular formula is C38H38Cl2F2N2O4. The first-order chi connectivity index (χ1) is 22.9. The third-order valence-electron chi connectivity index (χ3n) is 7.98. The van der Waals surface area contributed by atoms with Gasteiger partial charge in [0.15, 0.2) is 6.61 Å². The number of Topliss-reactive ketones (excluding diaryl/α,β-unsaturated/α-hetero) is 1. The van der Waals surface area contributed by atoms with E-state index in [0.29, 0.717) is 52.8 Å². The molecule has 1 heterocycles. The van der Waals surface area contributed by atoms with E-state index in [2.05, 4.69) is 9.89 Å². The van der Waals surface area contributed by atoms with E-state index in [0.717, 1.165) is 23.2 Å². The van der Waals surface area contributed by atoms with Crippen LogP contribution in [-0.2, 0) is 16.0 Å². The topological polar surface area (TPSA) is 60.4 Å². The maximum absolute atomic E-state index is 14.8. The van der Waals surface area contributed by atoms with Crippen molar-refractivity contribution in [1.82, 2.24) is 4.90 Å². The van der Waals surface area contributed by atoms with Gasteiger partial charge in [-0.15, -0.1) is 0 Å². The highest BCUT2D eigenvalue weighted by molar-refractivity contribution is 6.30. The number of hydrogen-bond acceptors (Lipinski definition) is 6. The molecule has 0 amide bonds. The number of halogens is 4. The van der Waals surface area contributed by atoms with Crippen LogP contribution in [0.4, 0.5) is 8.78 Å². The van der Waals surface area contributed by atoms with Gasteiger partial charge in [0.25, 0.3) is 0 Å². The van der Waals surface area contributed by atoms with E-state index in [1.165, 1.54) is 0 Å². The Bertz CT molecular complexity index is 1650. The van der Waals surface area contributed by atoms with E-state index < -0.39 is 24.7 Å². The third kappa shape index (κ3) is 9.78. The maximum Gasteiger partial charge on any atom is 0.312 e. The van der Waals surface area contributed by atoms with Crippen molar-refractivity contribution in [2.75, 3.05) is 40.0 Å². The summed E-state index contributed by atoms with van der Waals surface area (Å²) in [7, 11) is 2.02. The number of carbonyl (C=O) groups excluding carboxylic acids is 1. The van der Waals surface area contributed by atoms with Crippen LogP contribution < -0.4 is 9.47 Å². The van der Waals surface area contributed by atoms with Gasteiger partial charge in [-0.05, 0) is 98.2 Å². The van der Waals surface area contributed by atoms with Gasteiger partial charge in [0, 0.05) is 41.0 Å². The summed E-state index contributed by atoms with van der Waals surface area (Å²) in [6.07, 6.45) is -0.735. The average Bonchev–Trinajstić information content (AvgIpc) is 3.43. The zero-order valence-corrected chi connectivity index (χ0v) is 28.6. The third-order valence-corrected chi connectivity index (χ3v) is 8.48. The second-order valence-corrected chi connectivity index (χ2v) is 13.4. The molecule has 0 aliphatic carbocycles. The summed E-state index contributed by atoms with van der Waals surface area (Å²) in [6.45, 7) is 5.44. The highest BCUT2D eigenvalue weighted by Crippen LogP contribution is 2.29. The standard InChI is InChI=1S/C38H38Cl2F2N2O4/c1-37(2)25-48-36(43-37)29-10-18-33(19-11-29)47-24-35(45)38(41,42)22-26-4-16-32(17-5-26)46-21-20-44(3)23-34(27-6-12-30(39)13-7-27)28-8-14-31(40)15-9-28/h4-19,34H,20-25H2,1-3H3. The van der Waals surface area contributed by atoms with E-state index in [4.69, 9.17) is 37.4 Å². The minimum Gasteiger partial charge on any atom is -0.492 e. The monoisotopic (exact) mass is 694 g/mol. The first-order valence-electron chi connectivity index (χ1n) is 15.7. The van der Waals surface area contributed by atoms with Gasteiger partial charge in [0.2, 0.25) is 11.7 Å². The Morgan fingerprint density at radius 1 is 0.875 bits per heavy atom. The van der Waals surface area contributed by atoms with E-state index in [1.54, 1.807) is 48.5 Å². The van der Waals surface area contributed by atoms with Crippen molar-refractivity contribution in [2.24, 2.45) is 4.99 Å². The SMILES string of the molecule is CN(CCOc1ccc(CC(F)(F)C(=O)COc2ccc(C3=NC(C)(C)CO3)cc2)cc1)CC(c1ccc(Cl)cc1)c1ccc(Cl)cc1. The summed E-state index contributed by atoms with van der Waals surface area (Å²) in [5.41, 5.74) is 3.04. The number of aliphatic imine (C=N–C) groups is 1. The van der Waals surface area contributed by atoms with Crippen molar-refractivity contribution in [3.63, 3.8) is 0 Å². The van der Waals surface area contributed by atoms with Crippen LogP contribution >= 0.6 is 23.2 Å². The molecule has 1 aliphatic rings. The molecule has 6 nitrogen and oxygen atoms in total. The molecule has 0 aromatic heterocycles. The molecule has 0 fully saturated rings. The first kappa shape index (κ1) is 35.3. The number of alkyl halides is 2. The molecule has 10 heteroatoms. The van der Waals surface area contributed by atoms with Gasteiger partial charge in [-0.2, -0.15) is 8.78 Å². The van der Waals surface area contributed by atoms with Crippen LogP contribution in [0.3, 0.4) is 0 Å². The zero-order chi connectivity index (χ0) is 34.3. The van der Waals surface area contributed by atoms with E-state index in [9.17, 15) is 13.6 Å². The number of ether oxygens (including phenoxy) is 3. The Balaban J connectivity index is 1.08. The van der Waals surface area contributed by atoms with Crippen molar-refractivity contribution in [3.05, 3.63) is 129 Å². The molecule has 252 valence electrons. The summed E-state index contributed by atoms with van der Waals surface area (Å²) < 4.78 is 46.5. The Kier molecular flexibility index (Phi) is 11.4. The summed E-state index contributed by atoms with van der Waals surface area (Å²) in [5, 5.41) is 1.36. The molecule has 0 N–H and O–H groups in total. The lowest BCUT2D eigenvalue weighted by Crippen LogP contribution is -2.35. The summed E-state index contributed by atoms with van der Waals surface area (Å²) in [5.74, 6) is -3.41. The molecule has 4 aromatic carbocycles. The normalized spacial score (nSPS) is 14.1. The molecule has 4 aromatic rings. The van der Waals surface area contributed by atoms with Crippen LogP contribution in [0.25, 0.3) is 0 Å². The van der Waals surface area contributed by atoms with E-state index >= 15 is 0 Å². The first-order valence-corrected chi connectivity index (χ1v) is 16.4. The van der Waals surface area contributed by atoms with Crippen LogP contribution in [0.15, 0.2) is 102 Å². The fraction of sp³-hybridized carbons (Fsp3) is 0.316. The van der Waals surface area contributed by atoms with Gasteiger partial charge < -0.3 is 19.1 Å². The minimum atomic E-state index is -3.59. The summed E-state index contributed by atoms with van der Waals surface area (Å²) in [4.78, 5) is 19.1. The van der Waals surface area contributed by atoms with E-state index in [-0.39, 0.29) is 11.5 Å². The predicted molar refractivity (Wildman–Crippen MR) is 186 cm³/mol. The second kappa shape index (κ2) is 15.5. The fourth-order valence-electron chi connectivity index (χ4n) is 5.25. The van der Waals surface area contributed by atoms with Crippen LogP contribution in [0.2, 0.25) is 10.0 Å². The van der Waals surface area contributed by atoms with Gasteiger partial charge in [-0.3, -0.25) is 4.79 Å². The number of nitrogens with zero attached hydrogens (tertiary/aromatic N) is 2. The number of rotatable bonds is 15. The average molecular weight is 696 g/mol. The Hall–Kier alpha value is -3.98. The predicted octanol–water partition coefficient (Wildman–Crippen LogP) is 8.52. The van der Waals surface area contributed by atoms with Gasteiger partial charge in [-0.1, -0.05) is 59.6 Å². The molecule has 1 aliphatic heterocycles. The number of carbonyl (C=O) groups is 1. The van der Waals surface area contributed by atoms with Crippen molar-refractivity contribution in [2.45, 2.75) is 37.6 Å². The lowest BCUT2D eigenvalue weighted by Gasteiger charge is -2.25. The minimum absolute atomic E-state index is 0.0964. The Labute approximate surface area is 290 Å². The Morgan fingerprint density at radius 3 is 1.96 bits per heavy atom. The van der Waals surface area contributed by atoms with E-state index in [1.807, 2.05) is 69.4 Å². The highest BCUT2D eigenvalue weighted by atomic mass is 35.5. The molecule has 5 rings (SSSR count). The lowest BCUT2D eigenvalue weighted by molar-refractivity contribution is -0.145. The zero-order valence-electron chi connectivity index (χ0n) is 27.1. The number of ketones is 1. The van der Waals surface area contributed by atoms with Crippen LogP contribution in [0, 0.1) is 0 Å². The molecule has 0 bridgehead atoms. The van der Waals surface area contributed by atoms with Crippen molar-refractivity contribution >= 4 is 34.9 Å². The van der Waals surface area contributed by atoms with Crippen molar-refractivity contribution in [1.29, 1.82) is 0 Å². The highest BCUT2D eigenvalue weighted by Gasteiger charge is 2.39. The van der Waals surface area contributed by atoms with Gasteiger partial charge in [0.05, 0.1) is 5.54 Å². The molecule has 0 saturated carbocycles. The second-order valence-electron chi connectivity index (χ2n) is 12.5. The van der Waals surface area contributed by atoms with Gasteiger partial charge in [0.1, 0.15) is 24.7 Å². The molecule has 48 heavy (non-hydrogen) atoms. The van der Waals surface area contributed by atoms with Crippen LogP contribution in [0.1, 0.15) is 42.0 Å². The quantitative estimate of drug-likeness (QED) is 0.125. The summed E-state index contributed by atoms with van der Waals surface area (Å²) >= 11 is 12.2. The number of benzene rings is 4. The van der Waals surface area contributed by atoms with Gasteiger partial charge in [-0.25, -0.2) is 4.99 Å². The molecule has 0 unspecified atom stereocenters. The maximum atomic E-state index is 14.8. The van der Waals surface area contributed by atoms with Crippen LogP contribution in [0.5, 0.6) is 11.5 Å². The fourth-order valence-corrected chi connectivity index (χ4v) is 5.51.